The zero-order chi connectivity index (χ0) is 28.1. The molecule has 0 spiro atoms. The van der Waals surface area contributed by atoms with Gasteiger partial charge in [0, 0.05) is 51.6 Å². The van der Waals surface area contributed by atoms with E-state index in [0.29, 0.717) is 58.3 Å². The number of carbonyl (C=O) groups is 1. The minimum atomic E-state index is -1.39. The number of nitrogens with zero attached hydrogens (tertiary/aromatic N) is 1. The van der Waals surface area contributed by atoms with E-state index in [9.17, 15) is 4.79 Å². The van der Waals surface area contributed by atoms with E-state index in [4.69, 9.17) is 42.8 Å². The fourth-order valence-corrected chi connectivity index (χ4v) is 5.54. The van der Waals surface area contributed by atoms with Gasteiger partial charge < -0.3 is 14.6 Å². The molecule has 1 aliphatic carbocycles. The summed E-state index contributed by atoms with van der Waals surface area (Å²) in [6.07, 6.45) is 2.27. The van der Waals surface area contributed by atoms with E-state index in [1.54, 1.807) is 18.2 Å². The summed E-state index contributed by atoms with van der Waals surface area (Å²) in [6.45, 7) is 1.17. The lowest BCUT2D eigenvalue weighted by atomic mass is 9.82. The Morgan fingerprint density at radius 1 is 1.12 bits per heavy atom. The smallest absolute Gasteiger partial charge is 0.266 e. The predicted octanol–water partition coefficient (Wildman–Crippen LogP) is 6.05. The van der Waals surface area contributed by atoms with Gasteiger partial charge in [-0.05, 0) is 66.8 Å². The third-order valence-corrected chi connectivity index (χ3v) is 8.32. The molecule has 40 heavy (non-hydrogen) atoms. The number of carbonyl (C=O) groups excluding carboxylic acids is 1. The van der Waals surface area contributed by atoms with Crippen molar-refractivity contribution in [3.8, 4) is 5.75 Å². The van der Waals surface area contributed by atoms with Gasteiger partial charge in [0.05, 0.1) is 6.61 Å². The molecule has 210 valence electrons. The van der Waals surface area contributed by atoms with Gasteiger partial charge in [0.2, 0.25) is 5.90 Å². The predicted molar refractivity (Wildman–Crippen MR) is 160 cm³/mol. The van der Waals surface area contributed by atoms with E-state index in [-0.39, 0.29) is 18.9 Å². The van der Waals surface area contributed by atoms with Crippen LogP contribution >= 0.6 is 39.1 Å². The van der Waals surface area contributed by atoms with Crippen LogP contribution < -0.4 is 15.6 Å². The molecule has 3 aromatic rings. The minimum absolute atomic E-state index is 0.0641. The summed E-state index contributed by atoms with van der Waals surface area (Å²) in [5.74, 6) is 1.23. The van der Waals surface area contributed by atoms with Crippen LogP contribution in [0.3, 0.4) is 0 Å². The van der Waals surface area contributed by atoms with Crippen molar-refractivity contribution in [2.75, 3.05) is 19.8 Å². The maximum Gasteiger partial charge on any atom is 0.266 e. The first-order valence-corrected chi connectivity index (χ1v) is 14.8. The monoisotopic (exact) mass is 645 g/mol. The Morgan fingerprint density at radius 3 is 2.60 bits per heavy atom. The summed E-state index contributed by atoms with van der Waals surface area (Å²) in [6, 6.07) is 20.2. The molecule has 2 atom stereocenters. The van der Waals surface area contributed by atoms with Crippen molar-refractivity contribution in [1.82, 2.24) is 10.9 Å². The molecule has 10 heteroatoms. The molecule has 0 unspecified atom stereocenters. The molecule has 0 aromatic heterocycles. The second kappa shape index (κ2) is 12.9. The number of rotatable bonds is 12. The normalized spacial score (nSPS) is 20.1. The number of aliphatic imine (C=N–C) groups is 1. The van der Waals surface area contributed by atoms with Crippen molar-refractivity contribution in [2.45, 2.75) is 37.3 Å². The third-order valence-electron chi connectivity index (χ3n) is 6.98. The van der Waals surface area contributed by atoms with Crippen molar-refractivity contribution >= 4 is 50.9 Å². The molecule has 1 saturated carbocycles. The SMILES string of the molecule is O=C(NNCC1CC1)[C@@]1(Cc2ccccc2Br)N=C(c2ccc(OCCCO)cc2)O[C@H]1c1ccc(Cl)cc1Cl. The first kappa shape index (κ1) is 28.9. The van der Waals surface area contributed by atoms with E-state index >= 15 is 0 Å². The summed E-state index contributed by atoms with van der Waals surface area (Å²) in [5.41, 5.74) is 6.84. The molecule has 7 nitrogen and oxygen atoms in total. The van der Waals surface area contributed by atoms with Crippen LogP contribution in [0.2, 0.25) is 10.0 Å². The fourth-order valence-electron chi connectivity index (χ4n) is 4.61. The fraction of sp³-hybridized carbons (Fsp3) is 0.333. The highest BCUT2D eigenvalue weighted by atomic mass is 79.9. The number of amides is 1. The van der Waals surface area contributed by atoms with Crippen molar-refractivity contribution in [2.24, 2.45) is 10.9 Å². The summed E-state index contributed by atoms with van der Waals surface area (Å²) < 4.78 is 13.1. The first-order valence-electron chi connectivity index (χ1n) is 13.2. The van der Waals surface area contributed by atoms with Gasteiger partial charge in [-0.15, -0.1) is 0 Å². The van der Waals surface area contributed by atoms with E-state index in [2.05, 4.69) is 26.8 Å². The molecule has 3 N–H and O–H groups in total. The molecule has 1 heterocycles. The highest BCUT2D eigenvalue weighted by Crippen LogP contribution is 2.45. The Balaban J connectivity index is 1.55. The molecule has 0 bridgehead atoms. The molecule has 1 amide bonds. The molecular weight excluding hydrogens is 617 g/mol. The van der Waals surface area contributed by atoms with Crippen LogP contribution in [0.4, 0.5) is 0 Å². The second-order valence-electron chi connectivity index (χ2n) is 10.0. The zero-order valence-corrected chi connectivity index (χ0v) is 24.8. The molecule has 0 saturated heterocycles. The van der Waals surface area contributed by atoms with Crippen LogP contribution in [0.15, 0.2) is 76.2 Å². The number of hydrazine groups is 1. The van der Waals surface area contributed by atoms with Gasteiger partial charge in [-0.1, -0.05) is 63.4 Å². The van der Waals surface area contributed by atoms with Gasteiger partial charge in [-0.3, -0.25) is 10.2 Å². The van der Waals surface area contributed by atoms with Crippen molar-refractivity contribution in [1.29, 1.82) is 0 Å². The van der Waals surface area contributed by atoms with Crippen molar-refractivity contribution < 1.29 is 19.4 Å². The number of halogens is 3. The Kier molecular flexibility index (Phi) is 9.33. The average Bonchev–Trinajstić information content (AvgIpc) is 3.69. The number of benzene rings is 3. The van der Waals surface area contributed by atoms with Gasteiger partial charge in [0.1, 0.15) is 5.75 Å². The Labute approximate surface area is 252 Å². The minimum Gasteiger partial charge on any atom is -0.494 e. The van der Waals surface area contributed by atoms with Crippen LogP contribution in [-0.2, 0) is 16.0 Å². The number of nitrogens with one attached hydrogen (secondary N) is 2. The standard InChI is InChI=1S/C30H30BrCl2N3O4/c31-25-5-2-1-4-21(25)17-30(29(38)36-34-18-19-6-7-19)27(24-13-10-22(32)16-26(24)33)40-28(35-30)20-8-11-23(12-9-20)39-15-3-14-37/h1-2,4-5,8-13,16,19,27,34,37H,3,6-7,14-15,17-18H2,(H,36,38)/t27-,30-/m0/s1. The molecule has 0 radical (unpaired) electrons. The average molecular weight is 647 g/mol. The van der Waals surface area contributed by atoms with Crippen LogP contribution in [0.1, 0.15) is 42.1 Å². The van der Waals surface area contributed by atoms with Gasteiger partial charge in [0.25, 0.3) is 5.91 Å². The summed E-state index contributed by atoms with van der Waals surface area (Å²) in [7, 11) is 0. The Morgan fingerprint density at radius 2 is 1.90 bits per heavy atom. The lowest BCUT2D eigenvalue weighted by molar-refractivity contribution is -0.130. The van der Waals surface area contributed by atoms with Crippen LogP contribution in [0, 0.1) is 5.92 Å². The van der Waals surface area contributed by atoms with Gasteiger partial charge in [-0.25, -0.2) is 10.4 Å². The molecule has 3 aromatic carbocycles. The van der Waals surface area contributed by atoms with Gasteiger partial charge >= 0.3 is 0 Å². The molecule has 5 rings (SSSR count). The van der Waals surface area contributed by atoms with E-state index in [1.165, 1.54) is 0 Å². The van der Waals surface area contributed by atoms with Gasteiger partial charge in [0.15, 0.2) is 11.6 Å². The Hall–Kier alpha value is -2.62. The maximum atomic E-state index is 14.1. The summed E-state index contributed by atoms with van der Waals surface area (Å²) in [4.78, 5) is 19.2. The van der Waals surface area contributed by atoms with Crippen molar-refractivity contribution in [3.05, 3.63) is 97.9 Å². The number of hydrogen-bond acceptors (Lipinski definition) is 6. The highest BCUT2D eigenvalue weighted by molar-refractivity contribution is 9.10. The number of ether oxygens (including phenoxy) is 2. The van der Waals surface area contributed by atoms with E-state index in [0.717, 1.165) is 22.9 Å². The lowest BCUT2D eigenvalue weighted by Gasteiger charge is -2.31. The molecule has 2 aliphatic rings. The molecular formula is C30H30BrCl2N3O4. The highest BCUT2D eigenvalue weighted by Gasteiger charge is 2.54. The van der Waals surface area contributed by atoms with Crippen LogP contribution in [-0.4, -0.2) is 42.2 Å². The van der Waals surface area contributed by atoms with E-state index < -0.39 is 11.6 Å². The summed E-state index contributed by atoms with van der Waals surface area (Å²) >= 11 is 16.6. The van der Waals surface area contributed by atoms with Crippen molar-refractivity contribution in [3.63, 3.8) is 0 Å². The molecule has 1 fully saturated rings. The van der Waals surface area contributed by atoms with Gasteiger partial charge in [-0.2, -0.15) is 0 Å². The maximum absolute atomic E-state index is 14.1. The quantitative estimate of drug-likeness (QED) is 0.165. The largest absolute Gasteiger partial charge is 0.494 e. The topological polar surface area (TPSA) is 92.2 Å². The third kappa shape index (κ3) is 6.64. The second-order valence-corrected chi connectivity index (χ2v) is 11.7. The number of aliphatic hydroxyl groups excluding tert-OH is 1. The lowest BCUT2D eigenvalue weighted by Crippen LogP contribution is -2.54. The first-order chi connectivity index (χ1) is 19.4. The molecule has 1 aliphatic heterocycles. The summed E-state index contributed by atoms with van der Waals surface area (Å²) in [5, 5.41) is 9.89. The Bertz CT molecular complexity index is 1380. The van der Waals surface area contributed by atoms with E-state index in [1.807, 2.05) is 48.5 Å². The van der Waals surface area contributed by atoms with Crippen LogP contribution in [0.5, 0.6) is 5.75 Å². The zero-order valence-electron chi connectivity index (χ0n) is 21.7. The van der Waals surface area contributed by atoms with Crippen LogP contribution in [0.25, 0.3) is 0 Å². The number of aliphatic hydroxyl groups is 1. The number of hydrogen-bond donors (Lipinski definition) is 3.